The molecule has 7 heteroatoms. The molecule has 1 aromatic carbocycles. The Balaban J connectivity index is 1.52. The van der Waals surface area contributed by atoms with Crippen molar-refractivity contribution in [2.24, 2.45) is 0 Å². The molecule has 0 spiro atoms. The Morgan fingerprint density at radius 3 is 2.50 bits per heavy atom. The zero-order chi connectivity index (χ0) is 20.3. The number of hydrogen-bond donors (Lipinski definition) is 0. The van der Waals surface area contributed by atoms with E-state index in [0.717, 1.165) is 49.0 Å². The van der Waals surface area contributed by atoms with E-state index in [-0.39, 0.29) is 11.8 Å². The molecule has 0 atom stereocenters. The number of hydrogen-bond acceptors (Lipinski definition) is 5. The van der Waals surface area contributed by atoms with Gasteiger partial charge in [-0.25, -0.2) is 4.98 Å². The number of aromatic nitrogens is 1. The van der Waals surface area contributed by atoms with Crippen molar-refractivity contribution in [3.63, 3.8) is 0 Å². The van der Waals surface area contributed by atoms with E-state index in [1.807, 2.05) is 36.9 Å². The number of nitrogens with zero attached hydrogens (tertiary/aromatic N) is 4. The number of thiazole rings is 1. The van der Waals surface area contributed by atoms with Gasteiger partial charge in [-0.15, -0.1) is 11.3 Å². The van der Waals surface area contributed by atoms with Crippen LogP contribution in [-0.4, -0.2) is 71.8 Å². The summed E-state index contributed by atoms with van der Waals surface area (Å²) >= 11 is 1.48. The molecule has 28 heavy (non-hydrogen) atoms. The first kappa shape index (κ1) is 20.5. The van der Waals surface area contributed by atoms with Crippen LogP contribution in [0.3, 0.4) is 0 Å². The van der Waals surface area contributed by atoms with Crippen LogP contribution < -0.4 is 0 Å². The van der Waals surface area contributed by atoms with Crippen molar-refractivity contribution in [2.45, 2.75) is 26.8 Å². The summed E-state index contributed by atoms with van der Waals surface area (Å²) in [4.78, 5) is 35.9. The first-order valence-corrected chi connectivity index (χ1v) is 10.4. The molecule has 1 aliphatic rings. The normalized spacial score (nSPS) is 14.9. The lowest BCUT2D eigenvalue weighted by Crippen LogP contribution is -2.48. The van der Waals surface area contributed by atoms with Crippen LogP contribution in [0.5, 0.6) is 0 Å². The summed E-state index contributed by atoms with van der Waals surface area (Å²) in [5.41, 5.74) is 3.05. The minimum atomic E-state index is 0.00724. The molecule has 1 fully saturated rings. The third-order valence-corrected chi connectivity index (χ3v) is 6.09. The molecule has 2 amide bonds. The molecule has 0 unspecified atom stereocenters. The van der Waals surface area contributed by atoms with E-state index in [9.17, 15) is 9.59 Å². The highest BCUT2D eigenvalue weighted by Gasteiger charge is 2.23. The van der Waals surface area contributed by atoms with Gasteiger partial charge >= 0.3 is 0 Å². The molecular formula is C21H28N4O2S. The van der Waals surface area contributed by atoms with Crippen LogP contribution in [0.4, 0.5) is 0 Å². The molecule has 0 radical (unpaired) electrons. The molecule has 2 heterocycles. The van der Waals surface area contributed by atoms with Gasteiger partial charge in [0.1, 0.15) is 9.88 Å². The average Bonchev–Trinajstić information content (AvgIpc) is 3.01. The highest BCUT2D eigenvalue weighted by Crippen LogP contribution is 2.21. The molecule has 0 saturated carbocycles. The fourth-order valence-corrected chi connectivity index (χ4v) is 4.51. The molecule has 1 saturated heterocycles. The maximum Gasteiger partial charge on any atom is 0.265 e. The van der Waals surface area contributed by atoms with Crippen molar-refractivity contribution in [3.05, 3.63) is 51.0 Å². The van der Waals surface area contributed by atoms with Crippen LogP contribution in [0, 0.1) is 13.8 Å². The van der Waals surface area contributed by atoms with Crippen molar-refractivity contribution >= 4 is 23.2 Å². The summed E-state index contributed by atoms with van der Waals surface area (Å²) in [5.74, 6) is 0.196. The largest absolute Gasteiger partial charge is 0.344 e. The van der Waals surface area contributed by atoms with Gasteiger partial charge in [0, 0.05) is 40.3 Å². The Morgan fingerprint density at radius 2 is 1.86 bits per heavy atom. The molecule has 1 aliphatic heterocycles. The first-order valence-electron chi connectivity index (χ1n) is 9.57. The lowest BCUT2D eigenvalue weighted by molar-refractivity contribution is -0.132. The van der Waals surface area contributed by atoms with Crippen LogP contribution in [0.25, 0.3) is 0 Å². The van der Waals surface area contributed by atoms with Crippen LogP contribution in [0.2, 0.25) is 0 Å². The molecule has 3 rings (SSSR count). The molecule has 0 N–H and O–H groups in total. The number of aryl methyl sites for hydroxylation is 2. The predicted octanol–water partition coefficient (Wildman–Crippen LogP) is 2.35. The van der Waals surface area contributed by atoms with Gasteiger partial charge in [0.25, 0.3) is 5.91 Å². The third-order valence-electron chi connectivity index (χ3n) is 4.96. The van der Waals surface area contributed by atoms with E-state index in [4.69, 9.17) is 0 Å². The van der Waals surface area contributed by atoms with Gasteiger partial charge in [-0.3, -0.25) is 14.5 Å². The van der Waals surface area contributed by atoms with Crippen molar-refractivity contribution < 1.29 is 9.59 Å². The fourth-order valence-electron chi connectivity index (χ4n) is 3.38. The van der Waals surface area contributed by atoms with Gasteiger partial charge in [0.15, 0.2) is 0 Å². The topological polar surface area (TPSA) is 56.8 Å². The molecule has 150 valence electrons. The van der Waals surface area contributed by atoms with Crippen LogP contribution >= 0.6 is 11.3 Å². The zero-order valence-corrected chi connectivity index (χ0v) is 17.9. The Kier molecular flexibility index (Phi) is 6.46. The molecule has 1 aromatic heterocycles. The lowest BCUT2D eigenvalue weighted by atomic mass is 10.1. The number of amides is 2. The molecule has 2 aromatic rings. The Morgan fingerprint density at radius 1 is 1.14 bits per heavy atom. The van der Waals surface area contributed by atoms with Crippen molar-refractivity contribution in [1.82, 2.24) is 19.7 Å². The lowest BCUT2D eigenvalue weighted by Gasteiger charge is -2.34. The molecule has 6 nitrogen and oxygen atoms in total. The molecule has 0 aliphatic carbocycles. The number of rotatable bonds is 5. The summed E-state index contributed by atoms with van der Waals surface area (Å²) < 4.78 is 0. The van der Waals surface area contributed by atoms with E-state index in [1.165, 1.54) is 16.9 Å². The second-order valence-corrected chi connectivity index (χ2v) is 8.63. The first-order chi connectivity index (χ1) is 13.3. The van der Waals surface area contributed by atoms with Crippen molar-refractivity contribution in [2.75, 3.05) is 40.3 Å². The highest BCUT2D eigenvalue weighted by atomic mass is 32.1. The molecule has 0 bridgehead atoms. The summed E-state index contributed by atoms with van der Waals surface area (Å²) in [6.07, 6.45) is 0.462. The summed E-state index contributed by atoms with van der Waals surface area (Å²) in [7, 11) is 3.52. The third kappa shape index (κ3) is 4.97. The quantitative estimate of drug-likeness (QED) is 0.773. The van der Waals surface area contributed by atoms with Gasteiger partial charge in [-0.1, -0.05) is 29.8 Å². The Bertz CT molecular complexity index is 854. The van der Waals surface area contributed by atoms with Gasteiger partial charge < -0.3 is 9.80 Å². The SMILES string of the molecule is Cc1cccc(CC(=O)N2CCN(Cc3nc(C)c(C(=O)N(C)C)s3)CC2)c1. The smallest absolute Gasteiger partial charge is 0.265 e. The predicted molar refractivity (Wildman–Crippen MR) is 112 cm³/mol. The highest BCUT2D eigenvalue weighted by molar-refractivity contribution is 7.13. The maximum absolute atomic E-state index is 12.6. The van der Waals surface area contributed by atoms with Crippen molar-refractivity contribution in [1.29, 1.82) is 0 Å². The minimum Gasteiger partial charge on any atom is -0.344 e. The van der Waals surface area contributed by atoms with Crippen LogP contribution in [0.15, 0.2) is 24.3 Å². The Labute approximate surface area is 170 Å². The van der Waals surface area contributed by atoms with E-state index in [1.54, 1.807) is 19.0 Å². The number of piperazine rings is 1. The maximum atomic E-state index is 12.6. The number of benzene rings is 1. The minimum absolute atomic E-state index is 0.00724. The van der Waals surface area contributed by atoms with Gasteiger partial charge in [0.05, 0.1) is 18.7 Å². The second-order valence-electron chi connectivity index (χ2n) is 7.54. The van der Waals surface area contributed by atoms with Gasteiger partial charge in [-0.2, -0.15) is 0 Å². The number of carbonyl (C=O) groups excluding carboxylic acids is 2. The summed E-state index contributed by atoms with van der Waals surface area (Å²) in [6, 6.07) is 8.13. The molecular weight excluding hydrogens is 372 g/mol. The van der Waals surface area contributed by atoms with E-state index < -0.39 is 0 Å². The average molecular weight is 401 g/mol. The van der Waals surface area contributed by atoms with E-state index in [2.05, 4.69) is 16.0 Å². The summed E-state index contributed by atoms with van der Waals surface area (Å²) in [5, 5.41) is 0.960. The zero-order valence-electron chi connectivity index (χ0n) is 17.1. The fraction of sp³-hybridized carbons (Fsp3) is 0.476. The second kappa shape index (κ2) is 8.84. The van der Waals surface area contributed by atoms with E-state index in [0.29, 0.717) is 11.3 Å². The standard InChI is InChI=1S/C21H28N4O2S/c1-15-6-5-7-17(12-15)13-19(26)25-10-8-24(9-11-25)14-18-22-16(2)20(28-18)21(27)23(3)4/h5-7,12H,8-11,13-14H2,1-4H3. The Hall–Kier alpha value is -2.25. The van der Waals surface area contributed by atoms with Crippen LogP contribution in [-0.2, 0) is 17.8 Å². The van der Waals surface area contributed by atoms with Crippen LogP contribution in [0.1, 0.15) is 31.5 Å². The van der Waals surface area contributed by atoms with Crippen molar-refractivity contribution in [3.8, 4) is 0 Å². The van der Waals surface area contributed by atoms with Gasteiger partial charge in [0.2, 0.25) is 5.91 Å². The summed E-state index contributed by atoms with van der Waals surface area (Å²) in [6.45, 7) is 7.79. The number of carbonyl (C=O) groups is 2. The van der Waals surface area contributed by atoms with Gasteiger partial charge in [-0.05, 0) is 19.4 Å². The monoisotopic (exact) mass is 400 g/mol. The van der Waals surface area contributed by atoms with E-state index >= 15 is 0 Å².